The van der Waals surface area contributed by atoms with Crippen molar-refractivity contribution in [2.24, 2.45) is 0 Å². The number of hydrogen-bond acceptors (Lipinski definition) is 3. The number of benzene rings is 1. The van der Waals surface area contributed by atoms with Crippen LogP contribution in [0.1, 0.15) is 31.0 Å². The Morgan fingerprint density at radius 2 is 2.00 bits per heavy atom. The molecule has 4 nitrogen and oxygen atoms in total. The second-order valence-corrected chi connectivity index (χ2v) is 4.47. The molecule has 2 aliphatic rings. The molecule has 1 saturated carbocycles. The Hall–Kier alpha value is -1.71. The lowest BCUT2D eigenvalue weighted by Gasteiger charge is -2.22. The second kappa shape index (κ2) is 2.90. The molecule has 1 fully saturated rings. The van der Waals surface area contributed by atoms with Crippen LogP contribution in [0.15, 0.2) is 12.1 Å². The van der Waals surface area contributed by atoms with Crippen molar-refractivity contribution < 1.29 is 9.47 Å². The number of nitrogens with one attached hydrogen (secondary N) is 1. The molecule has 1 aliphatic carbocycles. The zero-order chi connectivity index (χ0) is 10.5. The fourth-order valence-corrected chi connectivity index (χ4v) is 2.29. The van der Waals surface area contributed by atoms with Gasteiger partial charge in [-0.25, -0.2) is 4.98 Å². The van der Waals surface area contributed by atoms with Gasteiger partial charge in [-0.2, -0.15) is 0 Å². The highest BCUT2D eigenvalue weighted by atomic mass is 16.7. The summed E-state index contributed by atoms with van der Waals surface area (Å²) in [5.74, 6) is 3.37. The molecule has 0 saturated heterocycles. The number of imidazole rings is 1. The van der Waals surface area contributed by atoms with Crippen LogP contribution in [0.25, 0.3) is 11.0 Å². The first-order chi connectivity index (χ1) is 7.90. The van der Waals surface area contributed by atoms with Gasteiger partial charge in [-0.05, 0) is 12.8 Å². The number of hydrogen-bond donors (Lipinski definition) is 1. The van der Waals surface area contributed by atoms with Gasteiger partial charge >= 0.3 is 0 Å². The highest BCUT2D eigenvalue weighted by Crippen LogP contribution is 2.38. The molecular formula is C12H12N2O2. The molecular weight excluding hydrogens is 204 g/mol. The molecule has 1 N–H and O–H groups in total. The van der Waals surface area contributed by atoms with Crippen LogP contribution in [0.2, 0.25) is 0 Å². The van der Waals surface area contributed by atoms with E-state index in [2.05, 4.69) is 9.97 Å². The van der Waals surface area contributed by atoms with Crippen LogP contribution < -0.4 is 9.47 Å². The molecule has 0 radical (unpaired) electrons. The fraction of sp³-hybridized carbons (Fsp3) is 0.417. The fourth-order valence-electron chi connectivity index (χ4n) is 2.29. The average molecular weight is 216 g/mol. The van der Waals surface area contributed by atoms with E-state index in [1.807, 2.05) is 12.1 Å². The number of H-pyrrole nitrogens is 1. The monoisotopic (exact) mass is 216 g/mol. The lowest BCUT2D eigenvalue weighted by Crippen LogP contribution is -2.10. The van der Waals surface area contributed by atoms with Gasteiger partial charge in [-0.1, -0.05) is 6.42 Å². The van der Waals surface area contributed by atoms with E-state index >= 15 is 0 Å². The number of ether oxygens (including phenoxy) is 2. The summed E-state index contributed by atoms with van der Waals surface area (Å²) >= 11 is 0. The van der Waals surface area contributed by atoms with Crippen molar-refractivity contribution in [2.75, 3.05) is 6.79 Å². The van der Waals surface area contributed by atoms with Crippen molar-refractivity contribution in [2.45, 2.75) is 25.2 Å². The molecule has 1 aliphatic heterocycles. The van der Waals surface area contributed by atoms with Gasteiger partial charge in [-0.3, -0.25) is 0 Å². The predicted molar refractivity (Wildman–Crippen MR) is 58.8 cm³/mol. The maximum Gasteiger partial charge on any atom is 0.231 e. The Labute approximate surface area is 92.6 Å². The molecule has 4 heteroatoms. The molecule has 16 heavy (non-hydrogen) atoms. The minimum Gasteiger partial charge on any atom is -0.454 e. The number of fused-ring (bicyclic) bond motifs is 2. The SMILES string of the molecule is c1c2c(cc3[nH]c(C4CCC4)nc13)OCO2. The zero-order valence-electron chi connectivity index (χ0n) is 8.82. The van der Waals surface area contributed by atoms with Crippen LogP contribution >= 0.6 is 0 Å². The van der Waals surface area contributed by atoms with E-state index < -0.39 is 0 Å². The maximum absolute atomic E-state index is 5.35. The molecule has 2 aromatic rings. The summed E-state index contributed by atoms with van der Waals surface area (Å²) in [5.41, 5.74) is 2.03. The van der Waals surface area contributed by atoms with Crippen LogP contribution in [-0.4, -0.2) is 16.8 Å². The topological polar surface area (TPSA) is 47.1 Å². The van der Waals surface area contributed by atoms with E-state index in [9.17, 15) is 0 Å². The Morgan fingerprint density at radius 1 is 1.19 bits per heavy atom. The number of aromatic amines is 1. The lowest BCUT2D eigenvalue weighted by molar-refractivity contribution is 0.174. The van der Waals surface area contributed by atoms with Gasteiger partial charge in [0.2, 0.25) is 6.79 Å². The maximum atomic E-state index is 5.35. The van der Waals surface area contributed by atoms with E-state index in [0.29, 0.717) is 12.7 Å². The summed E-state index contributed by atoms with van der Waals surface area (Å²) in [6.45, 7) is 0.317. The van der Waals surface area contributed by atoms with Gasteiger partial charge < -0.3 is 14.5 Å². The largest absolute Gasteiger partial charge is 0.454 e. The van der Waals surface area contributed by atoms with Gasteiger partial charge in [-0.15, -0.1) is 0 Å². The quantitative estimate of drug-likeness (QED) is 0.796. The van der Waals surface area contributed by atoms with E-state index in [0.717, 1.165) is 28.4 Å². The normalized spacial score (nSPS) is 19.0. The molecule has 0 bridgehead atoms. The average Bonchev–Trinajstić information content (AvgIpc) is 2.75. The summed E-state index contributed by atoms with van der Waals surface area (Å²) < 4.78 is 10.7. The van der Waals surface area contributed by atoms with Crippen molar-refractivity contribution in [1.82, 2.24) is 9.97 Å². The van der Waals surface area contributed by atoms with Gasteiger partial charge in [0.1, 0.15) is 5.82 Å². The van der Waals surface area contributed by atoms with Crippen LogP contribution in [0.3, 0.4) is 0 Å². The first kappa shape index (κ1) is 8.44. The Kier molecular flexibility index (Phi) is 1.53. The van der Waals surface area contributed by atoms with Crippen molar-refractivity contribution in [3.05, 3.63) is 18.0 Å². The minimum absolute atomic E-state index is 0.317. The smallest absolute Gasteiger partial charge is 0.231 e. The van der Waals surface area contributed by atoms with Crippen molar-refractivity contribution in [3.8, 4) is 11.5 Å². The molecule has 2 heterocycles. The summed E-state index contributed by atoms with van der Waals surface area (Å²) in [4.78, 5) is 8.00. The third-order valence-electron chi connectivity index (χ3n) is 3.49. The molecule has 1 aromatic heterocycles. The molecule has 4 rings (SSSR count). The van der Waals surface area contributed by atoms with Crippen LogP contribution in [0.5, 0.6) is 11.5 Å². The standard InChI is InChI=1S/C12H12N2O2/c1-2-7(3-1)12-13-8-4-10-11(16-6-15-10)5-9(8)14-12/h4-5,7H,1-3,6H2,(H,13,14). The molecule has 1 aromatic carbocycles. The second-order valence-electron chi connectivity index (χ2n) is 4.47. The number of rotatable bonds is 1. The van der Waals surface area contributed by atoms with Gasteiger partial charge in [0.15, 0.2) is 11.5 Å². The first-order valence-electron chi connectivity index (χ1n) is 5.69. The third-order valence-corrected chi connectivity index (χ3v) is 3.49. The van der Waals surface area contributed by atoms with E-state index in [4.69, 9.17) is 9.47 Å². The Bertz CT molecular complexity index is 516. The van der Waals surface area contributed by atoms with Crippen LogP contribution in [0.4, 0.5) is 0 Å². The third kappa shape index (κ3) is 1.07. The molecule has 82 valence electrons. The highest BCUT2D eigenvalue weighted by molar-refractivity contribution is 5.80. The molecule has 0 spiro atoms. The summed E-state index contributed by atoms with van der Waals surface area (Å²) in [7, 11) is 0. The summed E-state index contributed by atoms with van der Waals surface area (Å²) in [5, 5.41) is 0. The highest BCUT2D eigenvalue weighted by Gasteiger charge is 2.23. The van der Waals surface area contributed by atoms with Crippen LogP contribution in [-0.2, 0) is 0 Å². The molecule has 0 unspecified atom stereocenters. The van der Waals surface area contributed by atoms with E-state index in [1.165, 1.54) is 19.3 Å². The number of aromatic nitrogens is 2. The summed E-state index contributed by atoms with van der Waals surface area (Å²) in [6, 6.07) is 3.93. The van der Waals surface area contributed by atoms with E-state index in [1.54, 1.807) is 0 Å². The molecule has 0 amide bonds. The van der Waals surface area contributed by atoms with E-state index in [-0.39, 0.29) is 0 Å². The van der Waals surface area contributed by atoms with Crippen molar-refractivity contribution >= 4 is 11.0 Å². The van der Waals surface area contributed by atoms with Crippen molar-refractivity contribution in [3.63, 3.8) is 0 Å². The van der Waals surface area contributed by atoms with Crippen molar-refractivity contribution in [1.29, 1.82) is 0 Å². The number of nitrogens with zero attached hydrogens (tertiary/aromatic N) is 1. The van der Waals surface area contributed by atoms with Gasteiger partial charge in [0.25, 0.3) is 0 Å². The van der Waals surface area contributed by atoms with Gasteiger partial charge in [0, 0.05) is 18.1 Å². The predicted octanol–water partition coefficient (Wildman–Crippen LogP) is 2.56. The Morgan fingerprint density at radius 3 is 2.75 bits per heavy atom. The molecule has 0 atom stereocenters. The Balaban J connectivity index is 1.86. The van der Waals surface area contributed by atoms with Gasteiger partial charge in [0.05, 0.1) is 11.0 Å². The summed E-state index contributed by atoms with van der Waals surface area (Å²) in [6.07, 6.45) is 3.84. The van der Waals surface area contributed by atoms with Crippen LogP contribution in [0, 0.1) is 0 Å². The first-order valence-corrected chi connectivity index (χ1v) is 5.69. The lowest BCUT2D eigenvalue weighted by atomic mass is 9.85. The zero-order valence-corrected chi connectivity index (χ0v) is 8.82. The minimum atomic E-state index is 0.317.